The molecule has 1 heterocycles. The third-order valence-electron chi connectivity index (χ3n) is 11.1. The number of hydrogen-bond donors (Lipinski definition) is 1. The summed E-state index contributed by atoms with van der Waals surface area (Å²) in [7, 11) is 1.73. The number of hydrogen-bond acceptors (Lipinski definition) is 5. The maximum atomic E-state index is 13.8. The summed E-state index contributed by atoms with van der Waals surface area (Å²) in [4.78, 5) is 13.8. The van der Waals surface area contributed by atoms with Crippen LogP contribution in [0, 0.1) is 52.8 Å². The Morgan fingerprint density at radius 1 is 1.11 bits per heavy atom. The van der Waals surface area contributed by atoms with Crippen LogP contribution in [0.1, 0.15) is 64.4 Å². The minimum atomic E-state index is -0.440. The Balaban J connectivity index is 1.28. The monoisotopic (exact) mass is 522 g/mol. The quantitative estimate of drug-likeness (QED) is 0.378. The summed E-state index contributed by atoms with van der Waals surface area (Å²) in [6, 6.07) is 10.1. The summed E-state index contributed by atoms with van der Waals surface area (Å²) in [5.41, 5.74) is 2.53. The molecule has 1 aromatic rings. The van der Waals surface area contributed by atoms with Crippen molar-refractivity contribution in [3.05, 3.63) is 47.5 Å². The van der Waals surface area contributed by atoms with Crippen molar-refractivity contribution >= 4 is 5.97 Å². The van der Waals surface area contributed by atoms with Gasteiger partial charge in [-0.1, -0.05) is 55.8 Å². The van der Waals surface area contributed by atoms with Gasteiger partial charge in [-0.15, -0.1) is 0 Å². The summed E-state index contributed by atoms with van der Waals surface area (Å²) < 4.78 is 18.1. The fraction of sp³-hybridized carbons (Fsp3) is 0.727. The molecule has 2 bridgehead atoms. The Bertz CT molecular complexity index is 1020. The Morgan fingerprint density at radius 2 is 1.92 bits per heavy atom. The van der Waals surface area contributed by atoms with Crippen LogP contribution in [0.5, 0.6) is 0 Å². The first kappa shape index (κ1) is 26.5. The lowest BCUT2D eigenvalue weighted by molar-refractivity contribution is -0.209. The molecular weight excluding hydrogens is 476 g/mol. The van der Waals surface area contributed by atoms with E-state index in [9.17, 15) is 9.90 Å². The first-order valence-corrected chi connectivity index (χ1v) is 15.1. The number of benzene rings is 1. The number of methoxy groups -OCH3 is 1. The fourth-order valence-electron chi connectivity index (χ4n) is 9.80. The van der Waals surface area contributed by atoms with Gasteiger partial charge in [0.1, 0.15) is 6.61 Å². The van der Waals surface area contributed by atoms with Gasteiger partial charge in [-0.25, -0.2) is 0 Å². The highest BCUT2D eigenvalue weighted by Gasteiger charge is 2.62. The molecule has 5 aliphatic rings. The highest BCUT2D eigenvalue weighted by atomic mass is 16.5. The topological polar surface area (TPSA) is 65.0 Å². The highest BCUT2D eigenvalue weighted by molar-refractivity contribution is 5.73. The molecule has 1 saturated heterocycles. The molecule has 3 saturated carbocycles. The predicted octanol–water partition coefficient (Wildman–Crippen LogP) is 5.80. The number of rotatable bonds is 6. The standard InChI is InChI=1S/C33H46O5/c1-20(2)15-22-9-10-23-24-11-13-28-26-18-37-19-33(28,16-29(34)31(26)36-3)27(24)14-12-25(23)30(22)32(35)38-17-21-7-5-4-6-8-21/h4-8,14,20,22-26,28-31,34H,9-13,15-19H2,1-3H3/t22?,23?,24?,25?,26?,28?,29-,30?,31-,33-/m1/s1. The summed E-state index contributed by atoms with van der Waals surface area (Å²) in [6.45, 7) is 6.32. The molecule has 208 valence electrons. The van der Waals surface area contributed by atoms with Crippen molar-refractivity contribution in [2.75, 3.05) is 20.3 Å². The van der Waals surface area contributed by atoms with Gasteiger partial charge in [-0.3, -0.25) is 4.79 Å². The maximum absolute atomic E-state index is 13.8. The lowest BCUT2D eigenvalue weighted by atomic mass is 9.45. The SMILES string of the molecule is CO[C@@H]1C2COC[C@]3(C[C@H]1O)C1=CCC4C(CCC(CC(C)C)C4C(=O)OCc4ccccc4)C1CCC23. The molecule has 0 aromatic heterocycles. The van der Waals surface area contributed by atoms with E-state index >= 15 is 0 Å². The Morgan fingerprint density at radius 3 is 2.68 bits per heavy atom. The van der Waals surface area contributed by atoms with Gasteiger partial charge >= 0.3 is 5.97 Å². The molecule has 1 aromatic carbocycles. The number of ether oxygens (including phenoxy) is 3. The molecule has 4 aliphatic carbocycles. The largest absolute Gasteiger partial charge is 0.461 e. The molecule has 0 radical (unpaired) electrons. The van der Waals surface area contributed by atoms with Gasteiger partial charge in [0.25, 0.3) is 0 Å². The second kappa shape index (κ2) is 10.7. The van der Waals surface area contributed by atoms with Crippen molar-refractivity contribution in [2.24, 2.45) is 52.8 Å². The predicted molar refractivity (Wildman–Crippen MR) is 146 cm³/mol. The first-order valence-electron chi connectivity index (χ1n) is 15.1. The van der Waals surface area contributed by atoms with Gasteiger partial charge in [0.15, 0.2) is 0 Å². The molecule has 0 spiro atoms. The molecule has 7 unspecified atom stereocenters. The maximum Gasteiger partial charge on any atom is 0.309 e. The van der Waals surface area contributed by atoms with Crippen molar-refractivity contribution in [3.8, 4) is 0 Å². The van der Waals surface area contributed by atoms with Crippen LogP contribution >= 0.6 is 0 Å². The number of allylic oxidation sites excluding steroid dienone is 1. The molecule has 5 heteroatoms. The molecule has 10 atom stereocenters. The third-order valence-corrected chi connectivity index (χ3v) is 11.1. The van der Waals surface area contributed by atoms with Crippen molar-refractivity contribution in [1.29, 1.82) is 0 Å². The van der Waals surface area contributed by atoms with Gasteiger partial charge in [0, 0.05) is 18.4 Å². The number of aliphatic hydroxyl groups is 1. The van der Waals surface area contributed by atoms with Crippen LogP contribution in [-0.2, 0) is 25.6 Å². The summed E-state index contributed by atoms with van der Waals surface area (Å²) in [5.74, 6) is 3.08. The third kappa shape index (κ3) is 4.47. The zero-order valence-electron chi connectivity index (χ0n) is 23.4. The Kier molecular flexibility index (Phi) is 7.47. The molecule has 5 nitrogen and oxygen atoms in total. The molecule has 1 N–H and O–H groups in total. The average Bonchev–Trinajstić information content (AvgIpc) is 2.91. The molecule has 4 fully saturated rings. The zero-order chi connectivity index (χ0) is 26.4. The van der Waals surface area contributed by atoms with E-state index in [1.807, 2.05) is 30.3 Å². The number of carbonyl (C=O) groups is 1. The van der Waals surface area contributed by atoms with E-state index in [-0.39, 0.29) is 29.3 Å². The van der Waals surface area contributed by atoms with Gasteiger partial charge in [-0.05, 0) is 86.0 Å². The van der Waals surface area contributed by atoms with E-state index in [4.69, 9.17) is 14.2 Å². The smallest absolute Gasteiger partial charge is 0.309 e. The van der Waals surface area contributed by atoms with Crippen LogP contribution < -0.4 is 0 Å². The van der Waals surface area contributed by atoms with Crippen LogP contribution in [0.15, 0.2) is 42.0 Å². The van der Waals surface area contributed by atoms with Gasteiger partial charge in [0.2, 0.25) is 0 Å². The van der Waals surface area contributed by atoms with Crippen LogP contribution in [0.3, 0.4) is 0 Å². The minimum absolute atomic E-state index is 0.00925. The van der Waals surface area contributed by atoms with Crippen molar-refractivity contribution < 1.29 is 24.1 Å². The highest BCUT2D eigenvalue weighted by Crippen LogP contribution is 2.64. The number of carbonyl (C=O) groups excluding carboxylic acids is 1. The number of fused-ring (bicyclic) bond motifs is 3. The summed E-state index contributed by atoms with van der Waals surface area (Å²) in [5, 5.41) is 11.1. The van der Waals surface area contributed by atoms with Gasteiger partial charge in [0.05, 0.1) is 31.3 Å². The molecule has 38 heavy (non-hydrogen) atoms. The van der Waals surface area contributed by atoms with Crippen LogP contribution in [0.4, 0.5) is 0 Å². The van der Waals surface area contributed by atoms with Gasteiger partial charge in [-0.2, -0.15) is 0 Å². The van der Waals surface area contributed by atoms with E-state index in [1.54, 1.807) is 12.7 Å². The molecule has 1 aliphatic heterocycles. The Labute approximate surface area is 228 Å². The second-order valence-corrected chi connectivity index (χ2v) is 13.4. The first-order chi connectivity index (χ1) is 18.4. The lowest BCUT2D eigenvalue weighted by Crippen LogP contribution is -2.63. The van der Waals surface area contributed by atoms with Gasteiger partial charge < -0.3 is 19.3 Å². The Hall–Kier alpha value is -1.69. The molecule has 0 amide bonds. The van der Waals surface area contributed by atoms with Crippen LogP contribution in [-0.4, -0.2) is 43.6 Å². The van der Waals surface area contributed by atoms with Crippen molar-refractivity contribution in [2.45, 2.75) is 77.6 Å². The van der Waals surface area contributed by atoms with E-state index < -0.39 is 6.10 Å². The number of aliphatic hydroxyl groups excluding tert-OH is 1. The van der Waals surface area contributed by atoms with E-state index in [0.717, 1.165) is 37.9 Å². The molecule has 6 rings (SSSR count). The fourth-order valence-corrected chi connectivity index (χ4v) is 9.80. The van der Waals surface area contributed by atoms with E-state index in [0.29, 0.717) is 48.7 Å². The average molecular weight is 523 g/mol. The zero-order valence-corrected chi connectivity index (χ0v) is 23.4. The summed E-state index contributed by atoms with van der Waals surface area (Å²) >= 11 is 0. The van der Waals surface area contributed by atoms with Crippen LogP contribution in [0.25, 0.3) is 0 Å². The van der Waals surface area contributed by atoms with Crippen LogP contribution in [0.2, 0.25) is 0 Å². The lowest BCUT2D eigenvalue weighted by Gasteiger charge is -2.63. The minimum Gasteiger partial charge on any atom is -0.461 e. The van der Waals surface area contributed by atoms with E-state index in [2.05, 4.69) is 19.9 Å². The number of esters is 1. The summed E-state index contributed by atoms with van der Waals surface area (Å²) in [6.07, 6.45) is 9.36. The van der Waals surface area contributed by atoms with Crippen molar-refractivity contribution in [3.63, 3.8) is 0 Å². The normalized spacial score (nSPS) is 41.9. The molecular formula is C33H46O5. The van der Waals surface area contributed by atoms with E-state index in [1.165, 1.54) is 19.3 Å². The second-order valence-electron chi connectivity index (χ2n) is 13.4. The van der Waals surface area contributed by atoms with Crippen molar-refractivity contribution in [1.82, 2.24) is 0 Å².